The maximum Gasteiger partial charge on any atom is 0.261 e. The van der Waals surface area contributed by atoms with E-state index in [1.165, 1.54) is 7.05 Å². The zero-order valence-corrected chi connectivity index (χ0v) is 12.7. The van der Waals surface area contributed by atoms with Gasteiger partial charge in [-0.3, -0.25) is 0 Å². The molecule has 2 N–H and O–H groups in total. The van der Waals surface area contributed by atoms with Crippen LogP contribution in [0.1, 0.15) is 12.8 Å². The number of aromatic nitrogens is 3. The molecule has 1 aromatic rings. The van der Waals surface area contributed by atoms with Crippen LogP contribution in [-0.4, -0.2) is 53.9 Å². The number of hydrogen-bond acceptors (Lipinski definition) is 6. The molecule has 108 valence electrons. The highest BCUT2D eigenvalue weighted by molar-refractivity contribution is 9.10. The molecule has 0 spiro atoms. The summed E-state index contributed by atoms with van der Waals surface area (Å²) in [4.78, 5) is 0. The fourth-order valence-electron chi connectivity index (χ4n) is 2.00. The Morgan fingerprint density at radius 2 is 2.16 bits per heavy atom. The quantitative estimate of drug-likeness (QED) is 0.747. The van der Waals surface area contributed by atoms with E-state index in [-0.39, 0.29) is 16.2 Å². The lowest BCUT2D eigenvalue weighted by atomic mass is 9.93. The number of ether oxygens (including phenoxy) is 1. The number of nitrogens with one attached hydrogen (secondary N) is 1. The minimum Gasteiger partial charge on any atom is -0.394 e. The maximum atomic E-state index is 12.4. The predicted octanol–water partition coefficient (Wildman–Crippen LogP) is -0.603. The van der Waals surface area contributed by atoms with E-state index in [1.54, 1.807) is 0 Å². The summed E-state index contributed by atoms with van der Waals surface area (Å²) in [5.41, 5.74) is -0.888. The van der Waals surface area contributed by atoms with Gasteiger partial charge in [-0.1, -0.05) is 5.21 Å². The molecule has 1 aromatic heterocycles. The Balaban J connectivity index is 2.30. The Hall–Kier alpha value is -0.550. The van der Waals surface area contributed by atoms with Crippen molar-refractivity contribution in [3.05, 3.63) is 4.60 Å². The molecule has 0 aliphatic carbocycles. The van der Waals surface area contributed by atoms with Crippen molar-refractivity contribution in [2.45, 2.75) is 23.4 Å². The van der Waals surface area contributed by atoms with Gasteiger partial charge in [0.1, 0.15) is 0 Å². The van der Waals surface area contributed by atoms with Crippen molar-refractivity contribution in [3.63, 3.8) is 0 Å². The molecule has 0 bridgehead atoms. The van der Waals surface area contributed by atoms with Gasteiger partial charge in [-0.05, 0) is 28.8 Å². The van der Waals surface area contributed by atoms with E-state index < -0.39 is 15.6 Å². The van der Waals surface area contributed by atoms with Gasteiger partial charge in [0.15, 0.2) is 4.60 Å². The summed E-state index contributed by atoms with van der Waals surface area (Å²) in [6, 6.07) is 0. The first-order valence-electron chi connectivity index (χ1n) is 5.68. The van der Waals surface area contributed by atoms with Crippen LogP contribution in [0.2, 0.25) is 0 Å². The molecule has 0 unspecified atom stereocenters. The van der Waals surface area contributed by atoms with E-state index in [1.807, 2.05) is 0 Å². The largest absolute Gasteiger partial charge is 0.394 e. The molecule has 0 amide bonds. The van der Waals surface area contributed by atoms with Crippen LogP contribution in [0, 0.1) is 0 Å². The molecule has 2 heterocycles. The van der Waals surface area contributed by atoms with Gasteiger partial charge in [0.05, 0.1) is 12.1 Å². The van der Waals surface area contributed by atoms with E-state index in [4.69, 9.17) is 4.74 Å². The highest BCUT2D eigenvalue weighted by Crippen LogP contribution is 2.25. The summed E-state index contributed by atoms with van der Waals surface area (Å²) in [7, 11) is -2.33. The van der Waals surface area contributed by atoms with Crippen molar-refractivity contribution < 1.29 is 18.3 Å². The number of rotatable bonds is 4. The maximum absolute atomic E-state index is 12.4. The summed E-state index contributed by atoms with van der Waals surface area (Å²) in [6.45, 7) is 0.542. The first-order chi connectivity index (χ1) is 8.90. The summed E-state index contributed by atoms with van der Waals surface area (Å²) in [5, 5.41) is 16.7. The van der Waals surface area contributed by atoms with Crippen LogP contribution in [0.25, 0.3) is 0 Å². The van der Waals surface area contributed by atoms with Crippen LogP contribution >= 0.6 is 15.9 Å². The minimum absolute atomic E-state index is 0.0631. The first-order valence-corrected chi connectivity index (χ1v) is 7.96. The van der Waals surface area contributed by atoms with Gasteiger partial charge < -0.3 is 9.84 Å². The Morgan fingerprint density at radius 3 is 2.63 bits per heavy atom. The van der Waals surface area contributed by atoms with Crippen LogP contribution in [0.4, 0.5) is 0 Å². The van der Waals surface area contributed by atoms with Crippen LogP contribution in [0.5, 0.6) is 0 Å². The molecule has 1 fully saturated rings. The lowest BCUT2D eigenvalue weighted by Crippen LogP contribution is -2.54. The van der Waals surface area contributed by atoms with E-state index in [0.717, 1.165) is 4.68 Å². The number of halogens is 1. The summed E-state index contributed by atoms with van der Waals surface area (Å²) in [5.74, 6) is 0. The Labute approximate surface area is 119 Å². The van der Waals surface area contributed by atoms with Gasteiger partial charge in [-0.2, -0.15) is 0 Å². The second kappa shape index (κ2) is 5.44. The lowest BCUT2D eigenvalue weighted by molar-refractivity contribution is 0.0222. The van der Waals surface area contributed by atoms with Gasteiger partial charge >= 0.3 is 0 Å². The van der Waals surface area contributed by atoms with Gasteiger partial charge in [0.2, 0.25) is 5.03 Å². The second-order valence-corrected chi connectivity index (χ2v) is 6.81. The molecule has 1 aliphatic rings. The minimum atomic E-state index is -3.82. The molecule has 2 rings (SSSR count). The normalized spacial score (nSPS) is 19.5. The first kappa shape index (κ1) is 14.9. The number of aliphatic hydroxyl groups excluding tert-OH is 1. The third-order valence-electron chi connectivity index (χ3n) is 3.10. The number of aryl methyl sites for hydroxylation is 1. The summed E-state index contributed by atoms with van der Waals surface area (Å²) in [6.07, 6.45) is 0.845. The molecular formula is C9H15BrN4O4S. The lowest BCUT2D eigenvalue weighted by Gasteiger charge is -2.35. The molecule has 1 aliphatic heterocycles. The van der Waals surface area contributed by atoms with Crippen LogP contribution < -0.4 is 4.72 Å². The number of nitrogens with zero attached hydrogens (tertiary/aromatic N) is 3. The predicted molar refractivity (Wildman–Crippen MR) is 68.9 cm³/mol. The molecule has 8 nitrogen and oxygen atoms in total. The Bertz CT molecular complexity index is 533. The third kappa shape index (κ3) is 2.97. The Kier molecular flexibility index (Phi) is 4.26. The highest BCUT2D eigenvalue weighted by atomic mass is 79.9. The summed E-state index contributed by atoms with van der Waals surface area (Å²) >= 11 is 3.06. The average molecular weight is 355 g/mol. The van der Waals surface area contributed by atoms with E-state index >= 15 is 0 Å². The van der Waals surface area contributed by atoms with Crippen molar-refractivity contribution in [2.75, 3.05) is 19.8 Å². The third-order valence-corrected chi connectivity index (χ3v) is 5.56. The zero-order chi connectivity index (χ0) is 14.1. The average Bonchev–Trinajstić information content (AvgIpc) is 2.70. The van der Waals surface area contributed by atoms with E-state index in [9.17, 15) is 13.5 Å². The van der Waals surface area contributed by atoms with Crippen molar-refractivity contribution in [2.24, 2.45) is 7.05 Å². The standard InChI is InChI=1S/C9H15BrN4O4S/c1-14-8(7(10)11-13-14)19(16,17)12-9(6-15)2-4-18-5-3-9/h12,15H,2-6H2,1H3. The summed E-state index contributed by atoms with van der Waals surface area (Å²) < 4.78 is 33.8. The van der Waals surface area contributed by atoms with Gasteiger partial charge in [-0.15, -0.1) is 5.10 Å². The highest BCUT2D eigenvalue weighted by Gasteiger charge is 2.38. The van der Waals surface area contributed by atoms with E-state index in [0.29, 0.717) is 26.1 Å². The SMILES string of the molecule is Cn1nnc(Br)c1S(=O)(=O)NC1(CO)CCOCC1. The molecular weight excluding hydrogens is 340 g/mol. The molecule has 0 aromatic carbocycles. The van der Waals surface area contributed by atoms with Crippen LogP contribution in [0.3, 0.4) is 0 Å². The van der Waals surface area contributed by atoms with Crippen molar-refractivity contribution in [1.82, 2.24) is 19.7 Å². The molecule has 0 saturated carbocycles. The molecule has 10 heteroatoms. The van der Waals surface area contributed by atoms with Crippen molar-refractivity contribution >= 4 is 26.0 Å². The van der Waals surface area contributed by atoms with Crippen molar-refractivity contribution in [3.8, 4) is 0 Å². The van der Waals surface area contributed by atoms with Gasteiger partial charge in [0.25, 0.3) is 10.0 Å². The number of sulfonamides is 1. The van der Waals surface area contributed by atoms with Gasteiger partial charge in [0, 0.05) is 20.3 Å². The molecule has 19 heavy (non-hydrogen) atoms. The molecule has 1 saturated heterocycles. The topological polar surface area (TPSA) is 106 Å². The molecule has 0 atom stereocenters. The fourth-order valence-corrected chi connectivity index (χ4v) is 4.55. The monoisotopic (exact) mass is 354 g/mol. The van der Waals surface area contributed by atoms with Crippen LogP contribution in [0.15, 0.2) is 9.63 Å². The van der Waals surface area contributed by atoms with Gasteiger partial charge in [-0.25, -0.2) is 17.8 Å². The fraction of sp³-hybridized carbons (Fsp3) is 0.778. The van der Waals surface area contributed by atoms with E-state index in [2.05, 4.69) is 31.0 Å². The zero-order valence-electron chi connectivity index (χ0n) is 10.3. The van der Waals surface area contributed by atoms with Crippen LogP contribution in [-0.2, 0) is 21.8 Å². The van der Waals surface area contributed by atoms with Crippen molar-refractivity contribution in [1.29, 1.82) is 0 Å². The number of hydrogen-bond donors (Lipinski definition) is 2. The molecule has 0 radical (unpaired) electrons. The second-order valence-electron chi connectivity index (χ2n) is 4.47. The smallest absolute Gasteiger partial charge is 0.261 e. The Morgan fingerprint density at radius 1 is 1.53 bits per heavy atom. The number of aliphatic hydroxyl groups is 1.